The lowest BCUT2D eigenvalue weighted by molar-refractivity contribution is 0.354. The summed E-state index contributed by atoms with van der Waals surface area (Å²) in [4.78, 5) is 18.4. The summed E-state index contributed by atoms with van der Waals surface area (Å²) in [6.45, 7) is 2.76. The van der Waals surface area contributed by atoms with Crippen molar-refractivity contribution in [1.82, 2.24) is 14.1 Å². The highest BCUT2D eigenvalue weighted by atomic mass is 35.5. The molecule has 184 valence electrons. The van der Waals surface area contributed by atoms with Gasteiger partial charge >= 0.3 is 0 Å². The topological polar surface area (TPSA) is 58.3 Å². The zero-order valence-electron chi connectivity index (χ0n) is 20.2. The minimum Gasteiger partial charge on any atom is -0.493 e. The molecule has 5 aromatic rings. The molecule has 0 amide bonds. The predicted octanol–water partition coefficient (Wildman–Crippen LogP) is 5.76. The zero-order chi connectivity index (χ0) is 25.4. The molecule has 0 N–H and O–H groups in total. The fourth-order valence-corrected chi connectivity index (χ4v) is 4.77. The van der Waals surface area contributed by atoms with Gasteiger partial charge in [0, 0.05) is 23.5 Å². The third-order valence-corrected chi connectivity index (χ3v) is 6.77. The summed E-state index contributed by atoms with van der Waals surface area (Å²) in [6.07, 6.45) is 2.21. The number of rotatable bonds is 7. The number of aryl methyl sites for hydroxylation is 3. The monoisotopic (exact) mass is 505 g/mol. The maximum atomic E-state index is 13.7. The van der Waals surface area contributed by atoms with Crippen LogP contribution in [0.4, 0.5) is 4.39 Å². The van der Waals surface area contributed by atoms with E-state index >= 15 is 0 Å². The molecular weight excluding hydrogens is 481 g/mol. The molecule has 0 fully saturated rings. The zero-order valence-corrected chi connectivity index (χ0v) is 21.0. The van der Waals surface area contributed by atoms with Gasteiger partial charge in [0.05, 0.1) is 26.1 Å². The molecule has 0 bridgehead atoms. The molecule has 6 nitrogen and oxygen atoms in total. The van der Waals surface area contributed by atoms with Crippen LogP contribution >= 0.6 is 11.6 Å². The van der Waals surface area contributed by atoms with Crippen LogP contribution in [0, 0.1) is 12.7 Å². The highest BCUT2D eigenvalue weighted by Gasteiger charge is 2.18. The molecule has 36 heavy (non-hydrogen) atoms. The Morgan fingerprint density at radius 3 is 2.56 bits per heavy atom. The van der Waals surface area contributed by atoms with E-state index in [0.717, 1.165) is 27.6 Å². The Morgan fingerprint density at radius 1 is 1.00 bits per heavy atom. The van der Waals surface area contributed by atoms with Gasteiger partial charge in [0.15, 0.2) is 11.5 Å². The Hall–Kier alpha value is -3.84. The van der Waals surface area contributed by atoms with Gasteiger partial charge in [-0.3, -0.25) is 9.36 Å². The highest BCUT2D eigenvalue weighted by Crippen LogP contribution is 2.30. The van der Waals surface area contributed by atoms with E-state index in [1.807, 2.05) is 47.9 Å². The molecule has 0 unspecified atom stereocenters. The summed E-state index contributed by atoms with van der Waals surface area (Å²) in [6, 6.07) is 16.0. The summed E-state index contributed by atoms with van der Waals surface area (Å²) in [5.41, 5.74) is 4.66. The van der Waals surface area contributed by atoms with Gasteiger partial charge in [-0.25, -0.2) is 9.37 Å². The van der Waals surface area contributed by atoms with Crippen LogP contribution in [0.2, 0.25) is 5.02 Å². The second-order valence-electron chi connectivity index (χ2n) is 8.72. The van der Waals surface area contributed by atoms with Crippen molar-refractivity contribution in [3.63, 3.8) is 0 Å². The first-order valence-corrected chi connectivity index (χ1v) is 11.9. The third kappa shape index (κ3) is 4.31. The Kier molecular flexibility index (Phi) is 6.41. The van der Waals surface area contributed by atoms with Crippen molar-refractivity contribution >= 4 is 33.5 Å². The molecule has 0 aliphatic rings. The van der Waals surface area contributed by atoms with E-state index < -0.39 is 5.82 Å². The van der Waals surface area contributed by atoms with E-state index in [4.69, 9.17) is 21.1 Å². The number of methoxy groups -OCH3 is 2. The van der Waals surface area contributed by atoms with Gasteiger partial charge in [-0.05, 0) is 60.9 Å². The van der Waals surface area contributed by atoms with Crippen LogP contribution in [0.5, 0.6) is 11.5 Å². The van der Waals surface area contributed by atoms with E-state index in [2.05, 4.69) is 4.98 Å². The number of hydrogen-bond donors (Lipinski definition) is 0. The van der Waals surface area contributed by atoms with Gasteiger partial charge in [0.1, 0.15) is 16.9 Å². The molecule has 2 heterocycles. The maximum absolute atomic E-state index is 13.7. The third-order valence-electron chi connectivity index (χ3n) is 6.41. The van der Waals surface area contributed by atoms with Gasteiger partial charge in [-0.15, -0.1) is 0 Å². The summed E-state index contributed by atoms with van der Waals surface area (Å²) >= 11 is 6.34. The maximum Gasteiger partial charge on any atom is 0.277 e. The first-order valence-electron chi connectivity index (χ1n) is 11.5. The average molecular weight is 506 g/mol. The summed E-state index contributed by atoms with van der Waals surface area (Å²) in [7, 11) is 3.19. The van der Waals surface area contributed by atoms with Gasteiger partial charge in [0.2, 0.25) is 0 Å². The lowest BCUT2D eigenvalue weighted by atomic mass is 10.1. The molecule has 0 saturated carbocycles. The summed E-state index contributed by atoms with van der Waals surface area (Å²) in [5, 5.41) is 1.21. The van der Waals surface area contributed by atoms with E-state index in [1.165, 1.54) is 12.1 Å². The van der Waals surface area contributed by atoms with Crippen molar-refractivity contribution in [1.29, 1.82) is 0 Å². The second-order valence-corrected chi connectivity index (χ2v) is 9.13. The number of hydrogen-bond acceptors (Lipinski definition) is 4. The van der Waals surface area contributed by atoms with E-state index in [1.54, 1.807) is 31.2 Å². The Balaban J connectivity index is 1.59. The van der Waals surface area contributed by atoms with Crippen molar-refractivity contribution in [2.75, 3.05) is 14.2 Å². The van der Waals surface area contributed by atoms with Gasteiger partial charge in [0.25, 0.3) is 5.56 Å². The molecule has 0 aliphatic carbocycles. The second kappa shape index (κ2) is 9.66. The molecule has 0 spiro atoms. The average Bonchev–Trinajstić information content (AvgIpc) is 3.18. The molecule has 0 radical (unpaired) electrons. The number of halogens is 2. The number of benzene rings is 3. The Labute approximate surface area is 212 Å². The first kappa shape index (κ1) is 23.9. The molecule has 3 aromatic carbocycles. The fraction of sp³-hybridized carbons (Fsp3) is 0.214. The molecule has 0 aliphatic heterocycles. The van der Waals surface area contributed by atoms with Crippen LogP contribution in [-0.2, 0) is 19.5 Å². The van der Waals surface area contributed by atoms with E-state index in [0.29, 0.717) is 47.1 Å². The lowest BCUT2D eigenvalue weighted by Crippen LogP contribution is -2.23. The minimum atomic E-state index is -0.402. The van der Waals surface area contributed by atoms with Crippen LogP contribution in [-0.4, -0.2) is 28.3 Å². The van der Waals surface area contributed by atoms with Crippen molar-refractivity contribution in [2.24, 2.45) is 0 Å². The Morgan fingerprint density at radius 2 is 1.81 bits per heavy atom. The van der Waals surface area contributed by atoms with Crippen molar-refractivity contribution < 1.29 is 13.9 Å². The number of nitrogens with zero attached hydrogens (tertiary/aromatic N) is 3. The van der Waals surface area contributed by atoms with Crippen molar-refractivity contribution in [3.05, 3.63) is 98.8 Å². The van der Waals surface area contributed by atoms with Crippen LogP contribution in [0.25, 0.3) is 21.9 Å². The van der Waals surface area contributed by atoms with Crippen LogP contribution in [0.3, 0.4) is 0 Å². The highest BCUT2D eigenvalue weighted by molar-refractivity contribution is 6.31. The quantitative estimate of drug-likeness (QED) is 0.282. The summed E-state index contributed by atoms with van der Waals surface area (Å²) < 4.78 is 27.9. The summed E-state index contributed by atoms with van der Waals surface area (Å²) in [5.74, 6) is 0.893. The smallest absolute Gasteiger partial charge is 0.277 e. The number of fused-ring (bicyclic) bond motifs is 3. The van der Waals surface area contributed by atoms with Crippen LogP contribution in [0.15, 0.2) is 65.7 Å². The minimum absolute atomic E-state index is 0.146. The number of aromatic nitrogens is 3. The number of ether oxygens (including phenoxy) is 2. The van der Waals surface area contributed by atoms with Gasteiger partial charge < -0.3 is 14.0 Å². The Bertz CT molecular complexity index is 1660. The van der Waals surface area contributed by atoms with E-state index in [9.17, 15) is 9.18 Å². The molecule has 2 aromatic heterocycles. The molecule has 5 rings (SSSR count). The fourth-order valence-electron chi connectivity index (χ4n) is 4.54. The van der Waals surface area contributed by atoms with Crippen molar-refractivity contribution in [3.8, 4) is 11.5 Å². The SMILES string of the molecule is COc1ccc(CCn2cnc3c4cc(C)ccc4n(Cc4ccc(F)cc4Cl)c3c2=O)cc1OC. The lowest BCUT2D eigenvalue weighted by Gasteiger charge is -2.12. The van der Waals surface area contributed by atoms with Gasteiger partial charge in [-0.1, -0.05) is 35.4 Å². The van der Waals surface area contributed by atoms with E-state index in [-0.39, 0.29) is 5.56 Å². The largest absolute Gasteiger partial charge is 0.493 e. The van der Waals surface area contributed by atoms with Gasteiger partial charge in [-0.2, -0.15) is 0 Å². The van der Waals surface area contributed by atoms with Crippen LogP contribution < -0.4 is 15.0 Å². The molecule has 8 heteroatoms. The first-order chi connectivity index (χ1) is 17.4. The molecule has 0 atom stereocenters. The normalized spacial score (nSPS) is 11.4. The molecule has 0 saturated heterocycles. The predicted molar refractivity (Wildman–Crippen MR) is 140 cm³/mol. The molecular formula is C28H25ClFN3O3. The van der Waals surface area contributed by atoms with Crippen molar-refractivity contribution in [2.45, 2.75) is 26.4 Å². The standard InChI is InChI=1S/C28H25ClFN3O3/c1-17-4-8-23-21(12-17)26-27(33(23)15-19-6-7-20(30)14-22(19)29)28(34)32(16-31-26)11-10-18-5-9-24(35-2)25(13-18)36-3/h4-9,12-14,16H,10-11,15H2,1-3H3. The van der Waals surface area contributed by atoms with Crippen LogP contribution in [0.1, 0.15) is 16.7 Å².